The molecule has 2 saturated carbocycles. The summed E-state index contributed by atoms with van der Waals surface area (Å²) < 4.78 is 49.6. The highest BCUT2D eigenvalue weighted by Crippen LogP contribution is 2.47. The number of hydrogen-bond acceptors (Lipinski definition) is 3. The Hall–Kier alpha value is -3.00. The molecule has 2 aliphatic rings. The largest absolute Gasteiger partial charge is 0.490 e. The summed E-state index contributed by atoms with van der Waals surface area (Å²) in [6.07, 6.45) is 0.611. The number of rotatable bonds is 7. The van der Waals surface area contributed by atoms with E-state index in [-0.39, 0.29) is 17.9 Å². The zero-order valence-corrected chi connectivity index (χ0v) is 18.2. The molecule has 0 bridgehead atoms. The Balaban J connectivity index is 1.22. The molecule has 0 spiro atoms. The number of fused-ring (bicyclic) bond motifs is 1. The molecule has 2 aliphatic carbocycles. The molecule has 0 aliphatic heterocycles. The normalized spacial score (nSPS) is 21.5. The smallest absolute Gasteiger partial charge is 0.416 e. The van der Waals surface area contributed by atoms with Gasteiger partial charge in [0.2, 0.25) is 5.91 Å². The summed E-state index contributed by atoms with van der Waals surface area (Å²) in [5.41, 5.74) is 1.45. The monoisotopic (exact) mass is 458 g/mol. The molecule has 5 rings (SSSR count). The number of H-pyrrole nitrogens is 1. The van der Waals surface area contributed by atoms with E-state index >= 15 is 0 Å². The minimum atomic E-state index is -4.32. The van der Waals surface area contributed by atoms with Crippen LogP contribution in [0.5, 0.6) is 5.75 Å². The molecule has 0 saturated heterocycles. The van der Waals surface area contributed by atoms with Crippen LogP contribution in [0.15, 0.2) is 48.7 Å². The average Bonchev–Trinajstić information content (AvgIpc) is 3.44. The van der Waals surface area contributed by atoms with Crippen LogP contribution in [-0.4, -0.2) is 30.7 Å². The molecular formula is C25H25F3N2O3. The van der Waals surface area contributed by atoms with Crippen molar-refractivity contribution in [3.05, 3.63) is 59.8 Å². The van der Waals surface area contributed by atoms with Crippen LogP contribution in [0.2, 0.25) is 0 Å². The summed E-state index contributed by atoms with van der Waals surface area (Å²) >= 11 is 0. The Morgan fingerprint density at radius 1 is 1.15 bits per heavy atom. The van der Waals surface area contributed by atoms with Gasteiger partial charge in [0.25, 0.3) is 0 Å². The van der Waals surface area contributed by atoms with E-state index in [1.54, 1.807) is 25.4 Å². The van der Waals surface area contributed by atoms with Crippen molar-refractivity contribution in [1.82, 2.24) is 4.98 Å². The number of benzene rings is 2. The van der Waals surface area contributed by atoms with Gasteiger partial charge < -0.3 is 19.8 Å². The third-order valence-electron chi connectivity index (χ3n) is 6.76. The number of aromatic nitrogens is 1. The summed E-state index contributed by atoms with van der Waals surface area (Å²) in [6, 6.07) is 11.1. The van der Waals surface area contributed by atoms with Crippen LogP contribution in [-0.2, 0) is 15.7 Å². The number of amides is 1. The van der Waals surface area contributed by atoms with Gasteiger partial charge in [-0.2, -0.15) is 13.2 Å². The second kappa shape index (κ2) is 8.09. The van der Waals surface area contributed by atoms with Crippen molar-refractivity contribution in [2.75, 3.05) is 19.0 Å². The lowest BCUT2D eigenvalue weighted by atomic mass is 9.77. The van der Waals surface area contributed by atoms with Crippen LogP contribution in [0, 0.1) is 5.41 Å². The van der Waals surface area contributed by atoms with Gasteiger partial charge in [-0.15, -0.1) is 0 Å². The second-order valence-corrected chi connectivity index (χ2v) is 9.11. The fourth-order valence-electron chi connectivity index (χ4n) is 4.47. The van der Waals surface area contributed by atoms with Crippen molar-refractivity contribution in [3.63, 3.8) is 0 Å². The van der Waals surface area contributed by atoms with Gasteiger partial charge in [0, 0.05) is 24.2 Å². The van der Waals surface area contributed by atoms with Crippen molar-refractivity contribution in [2.45, 2.75) is 43.9 Å². The third kappa shape index (κ3) is 4.31. The molecule has 3 aromatic rings. The number of methoxy groups -OCH3 is 1. The molecule has 0 unspecified atom stereocenters. The summed E-state index contributed by atoms with van der Waals surface area (Å²) in [7, 11) is 1.60. The van der Waals surface area contributed by atoms with E-state index < -0.39 is 17.2 Å². The predicted octanol–water partition coefficient (Wildman–Crippen LogP) is 5.88. The highest BCUT2D eigenvalue weighted by Gasteiger charge is 2.50. The summed E-state index contributed by atoms with van der Waals surface area (Å²) in [5, 5.41) is 3.89. The molecule has 5 nitrogen and oxygen atoms in total. The van der Waals surface area contributed by atoms with Gasteiger partial charge in [-0.25, -0.2) is 0 Å². The van der Waals surface area contributed by atoms with Crippen LogP contribution in [0.25, 0.3) is 10.9 Å². The summed E-state index contributed by atoms with van der Waals surface area (Å²) in [4.78, 5) is 15.9. The third-order valence-corrected chi connectivity index (χ3v) is 6.76. The van der Waals surface area contributed by atoms with Gasteiger partial charge in [-0.05, 0) is 67.5 Å². The SMILES string of the molecule is COCC1(C(=O)Nc2c[nH]c3ccc(O[C@H]4C[C@@H](c5ccc(C(F)(F)F)cc5)C4)cc23)CC1. The number of nitrogens with one attached hydrogen (secondary N) is 2. The van der Waals surface area contributed by atoms with Crippen molar-refractivity contribution in [1.29, 1.82) is 0 Å². The summed E-state index contributed by atoms with van der Waals surface area (Å²) in [6.45, 7) is 0.414. The van der Waals surface area contributed by atoms with Crippen LogP contribution in [0.4, 0.5) is 18.9 Å². The lowest BCUT2D eigenvalue weighted by Crippen LogP contribution is -2.32. The van der Waals surface area contributed by atoms with Gasteiger partial charge in [0.15, 0.2) is 0 Å². The van der Waals surface area contributed by atoms with Crippen LogP contribution in [0.1, 0.15) is 42.7 Å². The van der Waals surface area contributed by atoms with E-state index in [1.165, 1.54) is 0 Å². The standard InChI is InChI=1S/C25H25F3N2O3/c1-32-14-24(8-9-24)23(31)30-22-13-29-21-7-6-18(12-20(21)22)33-19-10-16(11-19)15-2-4-17(5-3-15)25(26,27)28/h2-7,12-13,16,19,29H,8-11,14H2,1H3,(H,30,31)/t16-,19+. The van der Waals surface area contributed by atoms with Gasteiger partial charge in [-0.1, -0.05) is 12.1 Å². The molecule has 0 radical (unpaired) electrons. The average molecular weight is 458 g/mol. The van der Waals surface area contributed by atoms with E-state index in [4.69, 9.17) is 9.47 Å². The molecule has 0 atom stereocenters. The van der Waals surface area contributed by atoms with E-state index in [0.29, 0.717) is 18.0 Å². The van der Waals surface area contributed by atoms with Crippen LogP contribution >= 0.6 is 0 Å². The van der Waals surface area contributed by atoms with Gasteiger partial charge >= 0.3 is 6.18 Å². The first-order chi connectivity index (χ1) is 15.8. The zero-order valence-electron chi connectivity index (χ0n) is 18.2. The number of carbonyl (C=O) groups excluding carboxylic acids is 1. The number of hydrogen-bond donors (Lipinski definition) is 2. The maximum absolute atomic E-state index is 12.8. The topological polar surface area (TPSA) is 63.3 Å². The number of alkyl halides is 3. The maximum Gasteiger partial charge on any atom is 0.416 e. The first-order valence-electron chi connectivity index (χ1n) is 11.0. The fourth-order valence-corrected chi connectivity index (χ4v) is 4.47. The van der Waals surface area contributed by atoms with E-state index in [1.807, 2.05) is 18.2 Å². The van der Waals surface area contributed by atoms with Crippen molar-refractivity contribution in [3.8, 4) is 5.75 Å². The first kappa shape index (κ1) is 21.8. The predicted molar refractivity (Wildman–Crippen MR) is 118 cm³/mol. The zero-order chi connectivity index (χ0) is 23.2. The highest BCUT2D eigenvalue weighted by atomic mass is 19.4. The first-order valence-corrected chi connectivity index (χ1v) is 11.0. The molecule has 1 amide bonds. The van der Waals surface area contributed by atoms with E-state index in [0.717, 1.165) is 54.3 Å². The van der Waals surface area contributed by atoms with Gasteiger partial charge in [-0.3, -0.25) is 4.79 Å². The summed E-state index contributed by atoms with van der Waals surface area (Å²) in [5.74, 6) is 0.861. The Morgan fingerprint density at radius 3 is 2.52 bits per heavy atom. The van der Waals surface area contributed by atoms with Gasteiger partial charge in [0.05, 0.1) is 29.4 Å². The molecule has 174 valence electrons. The van der Waals surface area contributed by atoms with E-state index in [2.05, 4.69) is 10.3 Å². The van der Waals surface area contributed by atoms with Crippen molar-refractivity contribution >= 4 is 22.5 Å². The molecular weight excluding hydrogens is 433 g/mol. The lowest BCUT2D eigenvalue weighted by molar-refractivity contribution is -0.137. The van der Waals surface area contributed by atoms with Crippen LogP contribution in [0.3, 0.4) is 0 Å². The molecule has 2 aromatic carbocycles. The highest BCUT2D eigenvalue weighted by molar-refractivity contribution is 6.04. The Labute approximate surface area is 189 Å². The quantitative estimate of drug-likeness (QED) is 0.465. The molecule has 1 aromatic heterocycles. The van der Waals surface area contributed by atoms with Crippen molar-refractivity contribution in [2.24, 2.45) is 5.41 Å². The molecule has 33 heavy (non-hydrogen) atoms. The van der Waals surface area contributed by atoms with Crippen molar-refractivity contribution < 1.29 is 27.4 Å². The van der Waals surface area contributed by atoms with Gasteiger partial charge in [0.1, 0.15) is 5.75 Å². The minimum absolute atomic E-state index is 0.00293. The maximum atomic E-state index is 12.8. The lowest BCUT2D eigenvalue weighted by Gasteiger charge is -2.35. The number of anilines is 1. The Morgan fingerprint density at radius 2 is 1.88 bits per heavy atom. The number of ether oxygens (including phenoxy) is 2. The Bertz CT molecular complexity index is 1160. The van der Waals surface area contributed by atoms with Crippen LogP contribution < -0.4 is 10.1 Å². The molecule has 2 N–H and O–H groups in total. The second-order valence-electron chi connectivity index (χ2n) is 9.11. The Kier molecular flexibility index (Phi) is 5.35. The fraction of sp³-hybridized carbons (Fsp3) is 0.400. The van der Waals surface area contributed by atoms with E-state index in [9.17, 15) is 18.0 Å². The molecule has 2 fully saturated rings. The number of aromatic amines is 1. The molecule has 8 heteroatoms. The minimum Gasteiger partial charge on any atom is -0.490 e. The molecule has 1 heterocycles. The number of carbonyl (C=O) groups is 1. The number of halogens is 3.